The fourth-order valence-corrected chi connectivity index (χ4v) is 2.22. The molecule has 3 N–H and O–H groups in total. The van der Waals surface area contributed by atoms with Crippen LogP contribution >= 0.6 is 0 Å². The highest BCUT2D eigenvalue weighted by atomic mass is 16.4. The normalized spacial score (nSPS) is 28.7. The van der Waals surface area contributed by atoms with Crippen LogP contribution in [-0.2, 0) is 4.79 Å². The first-order valence-corrected chi connectivity index (χ1v) is 4.88. The molecule has 2 unspecified atom stereocenters. The van der Waals surface area contributed by atoms with E-state index >= 15 is 0 Å². The van der Waals surface area contributed by atoms with Gasteiger partial charge in [0.2, 0.25) is 0 Å². The summed E-state index contributed by atoms with van der Waals surface area (Å²) in [4.78, 5) is 10.4. The SMILES string of the molecule is CC1(C)CCC(C(N)CC(=O)O)C1. The standard InChI is InChI=1S/C10H19NO2/c1-10(2)4-3-7(6-10)8(11)5-9(12)13/h7-8H,3-6,11H2,1-2H3,(H,12,13). The van der Waals surface area contributed by atoms with E-state index in [-0.39, 0.29) is 12.5 Å². The van der Waals surface area contributed by atoms with Crippen molar-refractivity contribution in [3.8, 4) is 0 Å². The van der Waals surface area contributed by atoms with Gasteiger partial charge in [-0.15, -0.1) is 0 Å². The molecule has 3 heteroatoms. The van der Waals surface area contributed by atoms with Crippen molar-refractivity contribution in [3.63, 3.8) is 0 Å². The van der Waals surface area contributed by atoms with Crippen LogP contribution in [0.3, 0.4) is 0 Å². The molecule has 1 rings (SSSR count). The molecule has 1 saturated carbocycles. The van der Waals surface area contributed by atoms with E-state index in [1.807, 2.05) is 0 Å². The summed E-state index contributed by atoms with van der Waals surface area (Å²) in [5.74, 6) is -0.372. The maximum Gasteiger partial charge on any atom is 0.304 e. The molecule has 0 aromatic carbocycles. The molecule has 2 atom stereocenters. The van der Waals surface area contributed by atoms with E-state index in [0.29, 0.717) is 11.3 Å². The molecule has 0 aromatic rings. The number of hydrogen-bond acceptors (Lipinski definition) is 2. The van der Waals surface area contributed by atoms with Crippen LogP contribution in [0, 0.1) is 11.3 Å². The first-order chi connectivity index (χ1) is 5.91. The number of nitrogens with two attached hydrogens (primary N) is 1. The molecule has 0 heterocycles. The molecule has 1 aliphatic carbocycles. The number of carboxylic acid groups (broad SMARTS) is 1. The van der Waals surface area contributed by atoms with Crippen LogP contribution in [0.1, 0.15) is 39.5 Å². The Labute approximate surface area is 79.3 Å². The van der Waals surface area contributed by atoms with E-state index in [0.717, 1.165) is 12.8 Å². The van der Waals surface area contributed by atoms with E-state index in [9.17, 15) is 4.79 Å². The smallest absolute Gasteiger partial charge is 0.304 e. The van der Waals surface area contributed by atoms with Gasteiger partial charge in [-0.25, -0.2) is 0 Å². The quantitative estimate of drug-likeness (QED) is 0.702. The largest absolute Gasteiger partial charge is 0.481 e. The summed E-state index contributed by atoms with van der Waals surface area (Å²) in [6, 6.07) is -0.153. The van der Waals surface area contributed by atoms with Crippen molar-refractivity contribution in [1.29, 1.82) is 0 Å². The lowest BCUT2D eigenvalue weighted by Gasteiger charge is -2.20. The van der Waals surface area contributed by atoms with Crippen molar-refractivity contribution in [2.24, 2.45) is 17.1 Å². The Morgan fingerprint density at radius 2 is 2.31 bits per heavy atom. The zero-order valence-electron chi connectivity index (χ0n) is 8.42. The van der Waals surface area contributed by atoms with Crippen LogP contribution < -0.4 is 5.73 Å². The Balaban J connectivity index is 2.42. The predicted molar refractivity (Wildman–Crippen MR) is 51.4 cm³/mol. The second-order valence-electron chi connectivity index (χ2n) is 4.93. The first-order valence-electron chi connectivity index (χ1n) is 4.88. The second kappa shape index (κ2) is 3.66. The van der Waals surface area contributed by atoms with Gasteiger partial charge < -0.3 is 10.8 Å². The van der Waals surface area contributed by atoms with Crippen LogP contribution in [0.25, 0.3) is 0 Å². The molecule has 3 nitrogen and oxygen atoms in total. The molecule has 1 fully saturated rings. The van der Waals surface area contributed by atoms with Crippen LogP contribution in [0.5, 0.6) is 0 Å². The van der Waals surface area contributed by atoms with Crippen LogP contribution in [0.15, 0.2) is 0 Å². The average Bonchev–Trinajstić information content (AvgIpc) is 2.28. The third-order valence-corrected chi connectivity index (χ3v) is 3.02. The van der Waals surface area contributed by atoms with Gasteiger partial charge in [0.15, 0.2) is 0 Å². The molecular weight excluding hydrogens is 166 g/mol. The van der Waals surface area contributed by atoms with Gasteiger partial charge in [0.25, 0.3) is 0 Å². The Bertz CT molecular complexity index is 201. The summed E-state index contributed by atoms with van der Waals surface area (Å²) >= 11 is 0. The van der Waals surface area contributed by atoms with Gasteiger partial charge in [0, 0.05) is 6.04 Å². The van der Waals surface area contributed by atoms with Gasteiger partial charge in [-0.1, -0.05) is 13.8 Å². The number of aliphatic carboxylic acids is 1. The van der Waals surface area contributed by atoms with E-state index in [4.69, 9.17) is 10.8 Å². The van der Waals surface area contributed by atoms with Crippen molar-refractivity contribution in [1.82, 2.24) is 0 Å². The summed E-state index contributed by atoms with van der Waals surface area (Å²) in [6.07, 6.45) is 3.44. The number of rotatable bonds is 3. The van der Waals surface area contributed by atoms with Crippen molar-refractivity contribution < 1.29 is 9.90 Å². The summed E-state index contributed by atoms with van der Waals surface area (Å²) < 4.78 is 0. The summed E-state index contributed by atoms with van der Waals surface area (Å²) in [6.45, 7) is 4.45. The monoisotopic (exact) mass is 185 g/mol. The lowest BCUT2D eigenvalue weighted by atomic mass is 9.88. The van der Waals surface area contributed by atoms with Crippen LogP contribution in [-0.4, -0.2) is 17.1 Å². The fourth-order valence-electron chi connectivity index (χ4n) is 2.22. The van der Waals surface area contributed by atoms with E-state index in [1.165, 1.54) is 6.42 Å². The molecule has 0 aromatic heterocycles. The van der Waals surface area contributed by atoms with Gasteiger partial charge in [-0.2, -0.15) is 0 Å². The lowest BCUT2D eigenvalue weighted by Crippen LogP contribution is -2.31. The maximum atomic E-state index is 10.4. The minimum absolute atomic E-state index is 0.112. The molecule has 0 radical (unpaired) electrons. The van der Waals surface area contributed by atoms with Gasteiger partial charge in [-0.05, 0) is 30.6 Å². The second-order valence-corrected chi connectivity index (χ2v) is 4.93. The Morgan fingerprint density at radius 3 is 2.69 bits per heavy atom. The summed E-state index contributed by atoms with van der Waals surface area (Å²) in [7, 11) is 0. The van der Waals surface area contributed by atoms with Crippen LogP contribution in [0.4, 0.5) is 0 Å². The molecule has 0 amide bonds. The summed E-state index contributed by atoms with van der Waals surface area (Å²) in [5, 5.41) is 8.59. The molecule has 0 bridgehead atoms. The van der Waals surface area contributed by atoms with E-state index in [2.05, 4.69) is 13.8 Å². The molecule has 0 spiro atoms. The van der Waals surface area contributed by atoms with Crippen molar-refractivity contribution in [3.05, 3.63) is 0 Å². The third kappa shape index (κ3) is 2.99. The zero-order chi connectivity index (χ0) is 10.1. The molecule has 76 valence electrons. The predicted octanol–water partition coefficient (Wildman–Crippen LogP) is 1.61. The molecule has 0 saturated heterocycles. The molecule has 13 heavy (non-hydrogen) atoms. The van der Waals surface area contributed by atoms with Gasteiger partial charge in [0.1, 0.15) is 0 Å². The highest BCUT2D eigenvalue weighted by molar-refractivity contribution is 5.67. The third-order valence-electron chi connectivity index (χ3n) is 3.02. The van der Waals surface area contributed by atoms with Crippen molar-refractivity contribution in [2.45, 2.75) is 45.6 Å². The zero-order valence-corrected chi connectivity index (χ0v) is 8.42. The average molecular weight is 185 g/mol. The molecule has 0 aliphatic heterocycles. The Hall–Kier alpha value is -0.570. The lowest BCUT2D eigenvalue weighted by molar-refractivity contribution is -0.137. The van der Waals surface area contributed by atoms with Crippen molar-refractivity contribution >= 4 is 5.97 Å². The number of hydrogen-bond donors (Lipinski definition) is 2. The molecule has 1 aliphatic rings. The van der Waals surface area contributed by atoms with E-state index < -0.39 is 5.97 Å². The highest BCUT2D eigenvalue weighted by Gasteiger charge is 2.34. The molecular formula is C10H19NO2. The van der Waals surface area contributed by atoms with Crippen molar-refractivity contribution in [2.75, 3.05) is 0 Å². The maximum absolute atomic E-state index is 10.4. The van der Waals surface area contributed by atoms with Gasteiger partial charge in [0.05, 0.1) is 6.42 Å². The van der Waals surface area contributed by atoms with E-state index in [1.54, 1.807) is 0 Å². The fraction of sp³-hybridized carbons (Fsp3) is 0.900. The number of carbonyl (C=O) groups is 1. The van der Waals surface area contributed by atoms with Gasteiger partial charge >= 0.3 is 5.97 Å². The van der Waals surface area contributed by atoms with Crippen LogP contribution in [0.2, 0.25) is 0 Å². The highest BCUT2D eigenvalue weighted by Crippen LogP contribution is 2.42. The Kier molecular flexibility index (Phi) is 2.96. The minimum atomic E-state index is -0.780. The van der Waals surface area contributed by atoms with Gasteiger partial charge in [-0.3, -0.25) is 4.79 Å². The summed E-state index contributed by atoms with van der Waals surface area (Å²) in [5.41, 5.74) is 6.18. The number of carboxylic acids is 1. The first kappa shape index (κ1) is 10.5. The minimum Gasteiger partial charge on any atom is -0.481 e. The topological polar surface area (TPSA) is 63.3 Å². The Morgan fingerprint density at radius 1 is 1.69 bits per heavy atom.